The van der Waals surface area contributed by atoms with Gasteiger partial charge in [0.2, 0.25) is 0 Å². The van der Waals surface area contributed by atoms with E-state index in [2.05, 4.69) is 18.7 Å². The van der Waals surface area contributed by atoms with Crippen LogP contribution in [0.15, 0.2) is 0 Å². The first-order valence-corrected chi connectivity index (χ1v) is 7.25. The lowest BCUT2D eigenvalue weighted by Gasteiger charge is -2.38. The normalized spacial score (nSPS) is 21.5. The van der Waals surface area contributed by atoms with Crippen LogP contribution in [0.1, 0.15) is 26.7 Å². The van der Waals surface area contributed by atoms with Crippen molar-refractivity contribution in [2.24, 2.45) is 11.1 Å². The maximum Gasteiger partial charge on any atom is 0.0788 e. The predicted molar refractivity (Wildman–Crippen MR) is 73.6 cm³/mol. The van der Waals surface area contributed by atoms with E-state index in [0.29, 0.717) is 4.99 Å². The molecule has 4 heteroatoms. The van der Waals surface area contributed by atoms with Gasteiger partial charge in [-0.15, -0.1) is 0 Å². The molecule has 0 unspecified atom stereocenters. The molecule has 15 heavy (non-hydrogen) atoms. The van der Waals surface area contributed by atoms with E-state index in [1.54, 1.807) is 0 Å². The monoisotopic (exact) mass is 246 g/mol. The second-order valence-electron chi connectivity index (χ2n) is 4.46. The Bertz CT molecular complexity index is 211. The van der Waals surface area contributed by atoms with Gasteiger partial charge in [-0.05, 0) is 31.7 Å². The minimum Gasteiger partial charge on any atom is -0.393 e. The summed E-state index contributed by atoms with van der Waals surface area (Å²) in [6, 6.07) is 0. The molecule has 0 aromatic heterocycles. The Labute approximate surface area is 103 Å². The zero-order chi connectivity index (χ0) is 11.3. The van der Waals surface area contributed by atoms with Crippen molar-refractivity contribution in [3.63, 3.8) is 0 Å². The average Bonchev–Trinajstić information content (AvgIpc) is 2.21. The van der Waals surface area contributed by atoms with Crippen molar-refractivity contribution in [3.05, 3.63) is 0 Å². The number of nitrogens with zero attached hydrogens (tertiary/aromatic N) is 1. The molecule has 0 spiro atoms. The minimum atomic E-state index is 0.115. The first-order valence-electron chi connectivity index (χ1n) is 5.68. The molecule has 1 fully saturated rings. The van der Waals surface area contributed by atoms with E-state index in [1.807, 2.05) is 11.8 Å². The summed E-state index contributed by atoms with van der Waals surface area (Å²) in [5.74, 6) is 2.47. The topological polar surface area (TPSA) is 29.3 Å². The molecule has 0 amide bonds. The molecule has 0 bridgehead atoms. The van der Waals surface area contributed by atoms with Crippen LogP contribution < -0.4 is 5.73 Å². The lowest BCUT2D eigenvalue weighted by atomic mass is 9.80. The highest BCUT2D eigenvalue weighted by Gasteiger charge is 2.32. The molecule has 2 N–H and O–H groups in total. The molecular formula is C11H22N2S2. The molecule has 1 aliphatic heterocycles. The van der Waals surface area contributed by atoms with Gasteiger partial charge < -0.3 is 10.6 Å². The number of piperidine rings is 1. The molecule has 0 aromatic carbocycles. The second-order valence-corrected chi connectivity index (χ2v) is 6.30. The molecule has 0 aliphatic carbocycles. The van der Waals surface area contributed by atoms with Crippen LogP contribution in [0.25, 0.3) is 0 Å². The molecular weight excluding hydrogens is 224 g/mol. The molecule has 1 rings (SSSR count). The van der Waals surface area contributed by atoms with E-state index in [9.17, 15) is 0 Å². The lowest BCUT2D eigenvalue weighted by Crippen LogP contribution is -2.45. The lowest BCUT2D eigenvalue weighted by molar-refractivity contribution is 0.173. The van der Waals surface area contributed by atoms with Gasteiger partial charge in [-0.25, -0.2) is 0 Å². The van der Waals surface area contributed by atoms with Crippen molar-refractivity contribution in [3.8, 4) is 0 Å². The smallest absolute Gasteiger partial charge is 0.0788 e. The van der Waals surface area contributed by atoms with Crippen LogP contribution in [0, 0.1) is 5.41 Å². The van der Waals surface area contributed by atoms with Crippen molar-refractivity contribution in [1.29, 1.82) is 0 Å². The Morgan fingerprint density at radius 2 is 2.07 bits per heavy atom. The Kier molecular flexibility index (Phi) is 5.36. The van der Waals surface area contributed by atoms with Gasteiger partial charge in [-0.2, -0.15) is 11.8 Å². The molecule has 2 nitrogen and oxygen atoms in total. The van der Waals surface area contributed by atoms with E-state index in [-0.39, 0.29) is 5.41 Å². The quantitative estimate of drug-likeness (QED) is 0.594. The fourth-order valence-electron chi connectivity index (χ4n) is 1.85. The van der Waals surface area contributed by atoms with Crippen LogP contribution in [0.5, 0.6) is 0 Å². The third kappa shape index (κ3) is 3.93. The molecule has 1 saturated heterocycles. The van der Waals surface area contributed by atoms with Crippen LogP contribution >= 0.6 is 24.0 Å². The number of likely N-dealkylation sites (tertiary alicyclic amines) is 1. The molecule has 88 valence electrons. The van der Waals surface area contributed by atoms with E-state index >= 15 is 0 Å². The van der Waals surface area contributed by atoms with Crippen LogP contribution in [0.3, 0.4) is 0 Å². The Morgan fingerprint density at radius 1 is 1.47 bits per heavy atom. The summed E-state index contributed by atoms with van der Waals surface area (Å²) in [5, 5.41) is 0. The van der Waals surface area contributed by atoms with Gasteiger partial charge in [0.1, 0.15) is 0 Å². The van der Waals surface area contributed by atoms with Crippen LogP contribution in [-0.4, -0.2) is 41.0 Å². The summed E-state index contributed by atoms with van der Waals surface area (Å²) < 4.78 is 0. The fourth-order valence-corrected chi connectivity index (χ4v) is 2.73. The van der Waals surface area contributed by atoms with Gasteiger partial charge in [-0.3, -0.25) is 0 Å². The van der Waals surface area contributed by atoms with Crippen molar-refractivity contribution in [1.82, 2.24) is 4.90 Å². The zero-order valence-corrected chi connectivity index (χ0v) is 11.4. The fraction of sp³-hybridized carbons (Fsp3) is 0.909. The number of hydrogen-bond donors (Lipinski definition) is 1. The van der Waals surface area contributed by atoms with Crippen LogP contribution in [0.2, 0.25) is 0 Å². The summed E-state index contributed by atoms with van der Waals surface area (Å²) in [7, 11) is 0. The van der Waals surface area contributed by atoms with Gasteiger partial charge in [0, 0.05) is 17.7 Å². The van der Waals surface area contributed by atoms with Crippen molar-refractivity contribution >= 4 is 29.0 Å². The standard InChI is InChI=1S/C11H22N2S2/c1-3-15-9-8-13-6-4-11(2,5-7-13)10(12)14/h3-9H2,1-2H3,(H2,12,14). The maximum atomic E-state index is 5.78. The Balaban J connectivity index is 2.26. The van der Waals surface area contributed by atoms with Crippen LogP contribution in [-0.2, 0) is 0 Å². The van der Waals surface area contributed by atoms with E-state index in [0.717, 1.165) is 25.9 Å². The van der Waals surface area contributed by atoms with E-state index in [1.165, 1.54) is 18.1 Å². The van der Waals surface area contributed by atoms with Crippen molar-refractivity contribution in [2.75, 3.05) is 31.1 Å². The average molecular weight is 246 g/mol. The molecule has 0 aromatic rings. The number of rotatable bonds is 5. The zero-order valence-electron chi connectivity index (χ0n) is 9.79. The molecule has 0 radical (unpaired) electrons. The Morgan fingerprint density at radius 3 is 2.53 bits per heavy atom. The third-order valence-electron chi connectivity index (χ3n) is 3.31. The highest BCUT2D eigenvalue weighted by molar-refractivity contribution is 7.99. The largest absolute Gasteiger partial charge is 0.393 e. The molecule has 0 atom stereocenters. The van der Waals surface area contributed by atoms with Gasteiger partial charge in [-0.1, -0.05) is 26.1 Å². The van der Waals surface area contributed by atoms with Crippen LogP contribution in [0.4, 0.5) is 0 Å². The summed E-state index contributed by atoms with van der Waals surface area (Å²) in [5.41, 5.74) is 5.89. The maximum absolute atomic E-state index is 5.78. The molecule has 0 saturated carbocycles. The first-order chi connectivity index (χ1) is 7.08. The third-order valence-corrected chi connectivity index (χ3v) is 4.68. The second kappa shape index (κ2) is 6.06. The van der Waals surface area contributed by atoms with Gasteiger partial charge >= 0.3 is 0 Å². The number of thioether (sulfide) groups is 1. The first kappa shape index (κ1) is 13.3. The minimum absolute atomic E-state index is 0.115. The van der Waals surface area contributed by atoms with Gasteiger partial charge in [0.05, 0.1) is 4.99 Å². The SMILES string of the molecule is CCSCCN1CCC(C)(C(N)=S)CC1. The summed E-state index contributed by atoms with van der Waals surface area (Å²) in [4.78, 5) is 3.23. The van der Waals surface area contributed by atoms with Crippen molar-refractivity contribution < 1.29 is 0 Å². The molecule has 1 aliphatic rings. The van der Waals surface area contributed by atoms with Gasteiger partial charge in [0.25, 0.3) is 0 Å². The predicted octanol–water partition coefficient (Wildman–Crippen LogP) is 2.13. The van der Waals surface area contributed by atoms with E-state index in [4.69, 9.17) is 18.0 Å². The highest BCUT2D eigenvalue weighted by atomic mass is 32.2. The summed E-state index contributed by atoms with van der Waals surface area (Å²) in [6.45, 7) is 7.93. The summed E-state index contributed by atoms with van der Waals surface area (Å²) in [6.07, 6.45) is 2.25. The number of thiocarbonyl (C=S) groups is 1. The van der Waals surface area contributed by atoms with Gasteiger partial charge in [0.15, 0.2) is 0 Å². The van der Waals surface area contributed by atoms with Crippen molar-refractivity contribution in [2.45, 2.75) is 26.7 Å². The Hall–Kier alpha value is 0.200. The highest BCUT2D eigenvalue weighted by Crippen LogP contribution is 2.31. The number of nitrogens with two attached hydrogens (primary N) is 1. The summed E-state index contributed by atoms with van der Waals surface area (Å²) >= 11 is 7.14. The number of hydrogen-bond acceptors (Lipinski definition) is 3. The molecule has 1 heterocycles. The van der Waals surface area contributed by atoms with E-state index < -0.39 is 0 Å².